The number of nitrogens with zero attached hydrogens (tertiary/aromatic N) is 2. The van der Waals surface area contributed by atoms with Crippen LogP contribution in [-0.2, 0) is 11.3 Å². The third-order valence-corrected chi connectivity index (χ3v) is 6.87. The third-order valence-electron chi connectivity index (χ3n) is 4.39. The summed E-state index contributed by atoms with van der Waals surface area (Å²) in [6.07, 6.45) is 0. The molecule has 1 amide bonds. The van der Waals surface area contributed by atoms with E-state index in [-0.39, 0.29) is 18.5 Å². The Labute approximate surface area is 184 Å². The maximum Gasteiger partial charge on any atom is 0.277 e. The predicted octanol–water partition coefficient (Wildman–Crippen LogP) is 4.74. The van der Waals surface area contributed by atoms with Gasteiger partial charge in [-0.1, -0.05) is 47.6 Å². The number of thiophene rings is 1. The number of aromatic nitrogens is 2. The average Bonchev–Trinajstić information content (AvgIpc) is 3.49. The Bertz CT molecular complexity index is 1240. The molecule has 0 bridgehead atoms. The highest BCUT2D eigenvalue weighted by Crippen LogP contribution is 2.41. The average molecular weight is 460 g/mol. The van der Waals surface area contributed by atoms with Crippen LogP contribution < -0.4 is 14.8 Å². The molecule has 3 heterocycles. The third kappa shape index (κ3) is 3.83. The van der Waals surface area contributed by atoms with Crippen LogP contribution >= 0.6 is 34.7 Å². The van der Waals surface area contributed by atoms with Crippen molar-refractivity contribution in [1.29, 1.82) is 0 Å². The van der Waals surface area contributed by atoms with Gasteiger partial charge in [-0.15, -0.1) is 21.5 Å². The number of amides is 1. The van der Waals surface area contributed by atoms with E-state index in [9.17, 15) is 4.79 Å². The predicted molar refractivity (Wildman–Crippen MR) is 115 cm³/mol. The Morgan fingerprint density at radius 2 is 2.03 bits per heavy atom. The molecule has 152 valence electrons. The van der Waals surface area contributed by atoms with E-state index in [0.717, 1.165) is 20.5 Å². The van der Waals surface area contributed by atoms with Gasteiger partial charge < -0.3 is 19.2 Å². The molecular weight excluding hydrogens is 446 g/mol. The van der Waals surface area contributed by atoms with E-state index < -0.39 is 0 Å². The highest BCUT2D eigenvalue weighted by atomic mass is 35.5. The monoisotopic (exact) mass is 459 g/mol. The second kappa shape index (κ2) is 8.17. The number of hydrogen-bond donors (Lipinski definition) is 1. The number of nitrogens with one attached hydrogen (secondary N) is 1. The quantitative estimate of drug-likeness (QED) is 0.416. The number of benzene rings is 2. The molecule has 1 N–H and O–H groups in total. The van der Waals surface area contributed by atoms with Crippen molar-refractivity contribution < 1.29 is 18.7 Å². The highest BCUT2D eigenvalue weighted by molar-refractivity contribution is 7.99. The molecule has 7 nitrogen and oxygen atoms in total. The number of hydrogen-bond acceptors (Lipinski definition) is 8. The summed E-state index contributed by atoms with van der Waals surface area (Å²) in [5, 5.41) is 12.8. The molecule has 5 rings (SSSR count). The summed E-state index contributed by atoms with van der Waals surface area (Å²) in [5.74, 6) is 1.77. The van der Waals surface area contributed by atoms with Crippen LogP contribution in [0.2, 0.25) is 5.02 Å². The fourth-order valence-corrected chi connectivity index (χ4v) is 4.97. The molecule has 0 atom stereocenters. The summed E-state index contributed by atoms with van der Waals surface area (Å²) in [5.41, 5.74) is 0.928. The van der Waals surface area contributed by atoms with Crippen molar-refractivity contribution in [1.82, 2.24) is 15.5 Å². The molecule has 1 aliphatic heterocycles. The summed E-state index contributed by atoms with van der Waals surface area (Å²) in [7, 11) is 0. The lowest BCUT2D eigenvalue weighted by Crippen LogP contribution is -2.24. The van der Waals surface area contributed by atoms with Crippen LogP contribution in [0, 0.1) is 0 Å². The first kappa shape index (κ1) is 19.2. The van der Waals surface area contributed by atoms with Gasteiger partial charge in [0.1, 0.15) is 4.88 Å². The Kier molecular flexibility index (Phi) is 5.24. The van der Waals surface area contributed by atoms with Gasteiger partial charge in [0.25, 0.3) is 11.1 Å². The Balaban J connectivity index is 1.18. The van der Waals surface area contributed by atoms with Crippen LogP contribution in [0.3, 0.4) is 0 Å². The largest absolute Gasteiger partial charge is 0.454 e. The fraction of sp³-hybridized carbons (Fsp3) is 0.150. The van der Waals surface area contributed by atoms with E-state index in [1.165, 1.54) is 23.1 Å². The number of halogens is 1. The molecule has 30 heavy (non-hydrogen) atoms. The highest BCUT2D eigenvalue weighted by Gasteiger charge is 2.18. The lowest BCUT2D eigenvalue weighted by Gasteiger charge is -2.05. The van der Waals surface area contributed by atoms with E-state index >= 15 is 0 Å². The van der Waals surface area contributed by atoms with Gasteiger partial charge in [-0.2, -0.15) is 0 Å². The van der Waals surface area contributed by atoms with Crippen molar-refractivity contribution >= 4 is 50.7 Å². The van der Waals surface area contributed by atoms with Gasteiger partial charge >= 0.3 is 0 Å². The maximum atomic E-state index is 12.2. The fourth-order valence-electron chi connectivity index (χ4n) is 2.94. The van der Waals surface area contributed by atoms with Crippen LogP contribution in [0.1, 0.15) is 5.56 Å². The van der Waals surface area contributed by atoms with E-state index in [1.807, 2.05) is 42.5 Å². The first-order valence-corrected chi connectivity index (χ1v) is 11.1. The summed E-state index contributed by atoms with van der Waals surface area (Å²) in [4.78, 5) is 12.9. The SMILES string of the molecule is O=C(CSc1nnc(-c2sc3ccccc3c2Cl)o1)NCc1ccc2c(c1)OCO2. The molecule has 10 heteroatoms. The molecule has 0 saturated heterocycles. The van der Waals surface area contributed by atoms with Crippen LogP contribution in [-0.4, -0.2) is 28.7 Å². The van der Waals surface area contributed by atoms with Crippen molar-refractivity contribution in [2.75, 3.05) is 12.5 Å². The molecule has 0 saturated carbocycles. The number of carbonyl (C=O) groups excluding carboxylic acids is 1. The van der Waals surface area contributed by atoms with Crippen molar-refractivity contribution in [2.24, 2.45) is 0 Å². The maximum absolute atomic E-state index is 12.2. The molecule has 0 radical (unpaired) electrons. The van der Waals surface area contributed by atoms with Crippen LogP contribution in [0.4, 0.5) is 0 Å². The summed E-state index contributed by atoms with van der Waals surface area (Å²) in [6, 6.07) is 13.4. The van der Waals surface area contributed by atoms with Crippen LogP contribution in [0.5, 0.6) is 11.5 Å². The molecule has 2 aromatic heterocycles. The minimum Gasteiger partial charge on any atom is -0.454 e. The molecule has 0 spiro atoms. The zero-order valence-electron chi connectivity index (χ0n) is 15.4. The number of rotatable bonds is 6. The minimum absolute atomic E-state index is 0.141. The Hall–Kier alpha value is -2.75. The van der Waals surface area contributed by atoms with E-state index in [2.05, 4.69) is 15.5 Å². The first-order valence-electron chi connectivity index (χ1n) is 8.96. The normalized spacial score (nSPS) is 12.4. The number of ether oxygens (including phenoxy) is 2. The second-order valence-electron chi connectivity index (χ2n) is 6.37. The number of thioether (sulfide) groups is 1. The lowest BCUT2D eigenvalue weighted by molar-refractivity contribution is -0.118. The summed E-state index contributed by atoms with van der Waals surface area (Å²) in [6.45, 7) is 0.614. The van der Waals surface area contributed by atoms with Gasteiger partial charge in [0.05, 0.1) is 10.8 Å². The topological polar surface area (TPSA) is 86.5 Å². The molecule has 4 aromatic rings. The van der Waals surface area contributed by atoms with Gasteiger partial charge in [-0.3, -0.25) is 4.79 Å². The number of carbonyl (C=O) groups is 1. The van der Waals surface area contributed by atoms with Gasteiger partial charge in [0.15, 0.2) is 11.5 Å². The summed E-state index contributed by atoms with van der Waals surface area (Å²) >= 11 is 9.13. The molecule has 1 aliphatic rings. The molecule has 0 aliphatic carbocycles. The summed E-state index contributed by atoms with van der Waals surface area (Å²) < 4.78 is 17.4. The van der Waals surface area contributed by atoms with Crippen molar-refractivity contribution in [3.63, 3.8) is 0 Å². The van der Waals surface area contributed by atoms with Crippen molar-refractivity contribution in [3.8, 4) is 22.3 Å². The van der Waals surface area contributed by atoms with Gasteiger partial charge in [-0.05, 0) is 23.8 Å². The van der Waals surface area contributed by atoms with Crippen molar-refractivity contribution in [2.45, 2.75) is 11.8 Å². The standard InChI is InChI=1S/C20H14ClN3O4S2/c21-17-12-3-1-2-4-15(12)30-18(17)19-23-24-20(28-19)29-9-16(25)22-8-11-5-6-13-14(7-11)27-10-26-13/h1-7H,8-10H2,(H,22,25). The molecule has 0 unspecified atom stereocenters. The number of fused-ring (bicyclic) bond motifs is 2. The van der Waals surface area contributed by atoms with Crippen molar-refractivity contribution in [3.05, 3.63) is 53.1 Å². The zero-order chi connectivity index (χ0) is 20.5. The molecule has 2 aromatic carbocycles. The molecular formula is C20H14ClN3O4S2. The van der Waals surface area contributed by atoms with Gasteiger partial charge in [0.2, 0.25) is 12.7 Å². The Morgan fingerprint density at radius 3 is 2.93 bits per heavy atom. The van der Waals surface area contributed by atoms with E-state index in [0.29, 0.717) is 34.2 Å². The zero-order valence-corrected chi connectivity index (χ0v) is 17.8. The van der Waals surface area contributed by atoms with Gasteiger partial charge in [0, 0.05) is 16.6 Å². The van der Waals surface area contributed by atoms with Crippen LogP contribution in [0.25, 0.3) is 20.9 Å². The smallest absolute Gasteiger partial charge is 0.277 e. The second-order valence-corrected chi connectivity index (χ2v) is 8.72. The van der Waals surface area contributed by atoms with Crippen LogP contribution in [0.15, 0.2) is 52.1 Å². The Morgan fingerprint density at radius 1 is 1.17 bits per heavy atom. The first-order chi connectivity index (χ1) is 14.7. The van der Waals surface area contributed by atoms with E-state index in [4.69, 9.17) is 25.5 Å². The minimum atomic E-state index is -0.141. The molecule has 0 fully saturated rings. The van der Waals surface area contributed by atoms with Gasteiger partial charge in [-0.25, -0.2) is 0 Å². The van der Waals surface area contributed by atoms with E-state index in [1.54, 1.807) is 0 Å². The lowest BCUT2D eigenvalue weighted by atomic mass is 10.2.